The standard InChI is InChI=1S/C15H9Br2NO2/c16-9-5-6-10(11(17)7-9)13(19)8-15-18-12-3-1-2-4-14(12)20-15/h1-7H,8H2. The van der Waals surface area contributed by atoms with Crippen molar-refractivity contribution in [1.82, 2.24) is 4.98 Å². The van der Waals surface area contributed by atoms with Crippen LogP contribution in [0.1, 0.15) is 16.2 Å². The topological polar surface area (TPSA) is 43.1 Å². The predicted molar refractivity (Wildman–Crippen MR) is 83.9 cm³/mol. The van der Waals surface area contributed by atoms with Crippen molar-refractivity contribution in [3.05, 3.63) is 62.9 Å². The van der Waals surface area contributed by atoms with Gasteiger partial charge in [-0.1, -0.05) is 44.0 Å². The molecular weight excluding hydrogens is 386 g/mol. The fraction of sp³-hybridized carbons (Fsp3) is 0.0667. The summed E-state index contributed by atoms with van der Waals surface area (Å²) in [7, 11) is 0. The fourth-order valence-corrected chi connectivity index (χ4v) is 3.21. The van der Waals surface area contributed by atoms with Gasteiger partial charge in [-0.15, -0.1) is 0 Å². The molecule has 0 radical (unpaired) electrons. The number of hydrogen-bond donors (Lipinski definition) is 0. The Bertz CT molecular complexity index is 762. The summed E-state index contributed by atoms with van der Waals surface area (Å²) in [6, 6.07) is 12.9. The maximum atomic E-state index is 12.3. The number of carbonyl (C=O) groups excluding carboxylic acids is 1. The highest BCUT2D eigenvalue weighted by Gasteiger charge is 2.15. The molecule has 0 saturated heterocycles. The van der Waals surface area contributed by atoms with E-state index in [2.05, 4.69) is 36.8 Å². The number of halogens is 2. The lowest BCUT2D eigenvalue weighted by molar-refractivity contribution is 0.0985. The molecule has 0 saturated carbocycles. The average Bonchev–Trinajstić information content (AvgIpc) is 2.80. The number of ketones is 1. The summed E-state index contributed by atoms with van der Waals surface area (Å²) in [5, 5.41) is 0. The van der Waals surface area contributed by atoms with Crippen LogP contribution in [0.4, 0.5) is 0 Å². The molecule has 0 atom stereocenters. The van der Waals surface area contributed by atoms with Crippen molar-refractivity contribution in [3.63, 3.8) is 0 Å². The molecule has 0 N–H and O–H groups in total. The number of rotatable bonds is 3. The van der Waals surface area contributed by atoms with Gasteiger partial charge in [0.15, 0.2) is 11.4 Å². The van der Waals surface area contributed by atoms with Gasteiger partial charge in [-0.25, -0.2) is 4.98 Å². The van der Waals surface area contributed by atoms with Crippen molar-refractivity contribution >= 4 is 48.7 Å². The van der Waals surface area contributed by atoms with Crippen LogP contribution in [0.15, 0.2) is 55.8 Å². The Balaban J connectivity index is 1.88. The molecule has 2 aromatic carbocycles. The van der Waals surface area contributed by atoms with E-state index in [4.69, 9.17) is 4.42 Å². The molecule has 3 aromatic rings. The molecular formula is C15H9Br2NO2. The lowest BCUT2D eigenvalue weighted by Gasteiger charge is -2.02. The van der Waals surface area contributed by atoms with E-state index < -0.39 is 0 Å². The second-order valence-electron chi connectivity index (χ2n) is 4.30. The zero-order valence-electron chi connectivity index (χ0n) is 10.3. The maximum absolute atomic E-state index is 12.3. The highest BCUT2D eigenvalue weighted by molar-refractivity contribution is 9.11. The molecule has 0 bridgehead atoms. The third-order valence-electron chi connectivity index (χ3n) is 2.88. The number of carbonyl (C=O) groups is 1. The molecule has 3 nitrogen and oxygen atoms in total. The number of Topliss-reactive ketones (excluding diaryl/α,β-unsaturated/α-hetero) is 1. The summed E-state index contributed by atoms with van der Waals surface area (Å²) in [6.07, 6.45) is 0.148. The molecule has 5 heteroatoms. The minimum absolute atomic E-state index is 0.0315. The first kappa shape index (κ1) is 13.5. The zero-order chi connectivity index (χ0) is 14.1. The number of oxazole rings is 1. The van der Waals surface area contributed by atoms with Crippen LogP contribution in [0.5, 0.6) is 0 Å². The highest BCUT2D eigenvalue weighted by Crippen LogP contribution is 2.24. The Morgan fingerprint density at radius 1 is 1.15 bits per heavy atom. The molecule has 0 aliphatic carbocycles. The molecule has 0 fully saturated rings. The van der Waals surface area contributed by atoms with Crippen LogP contribution in [0.2, 0.25) is 0 Å². The summed E-state index contributed by atoms with van der Waals surface area (Å²) in [5.41, 5.74) is 2.09. The van der Waals surface area contributed by atoms with Crippen molar-refractivity contribution in [3.8, 4) is 0 Å². The van der Waals surface area contributed by atoms with Gasteiger partial charge >= 0.3 is 0 Å². The normalized spacial score (nSPS) is 10.9. The Labute approximate surface area is 132 Å². The Morgan fingerprint density at radius 2 is 1.95 bits per heavy atom. The van der Waals surface area contributed by atoms with E-state index in [1.54, 1.807) is 6.07 Å². The van der Waals surface area contributed by atoms with Crippen LogP contribution in [-0.4, -0.2) is 10.8 Å². The monoisotopic (exact) mass is 393 g/mol. The number of hydrogen-bond acceptors (Lipinski definition) is 3. The van der Waals surface area contributed by atoms with E-state index >= 15 is 0 Å². The first-order chi connectivity index (χ1) is 9.63. The number of para-hydroxylation sites is 2. The molecule has 1 heterocycles. The first-order valence-electron chi connectivity index (χ1n) is 5.96. The van der Waals surface area contributed by atoms with E-state index in [0.717, 1.165) is 14.5 Å². The van der Waals surface area contributed by atoms with Crippen molar-refractivity contribution in [2.45, 2.75) is 6.42 Å². The van der Waals surface area contributed by atoms with Crippen LogP contribution in [0.3, 0.4) is 0 Å². The van der Waals surface area contributed by atoms with Gasteiger partial charge in [0.2, 0.25) is 5.89 Å². The lowest BCUT2D eigenvalue weighted by atomic mass is 10.1. The number of aromatic nitrogens is 1. The zero-order valence-corrected chi connectivity index (χ0v) is 13.4. The van der Waals surface area contributed by atoms with Crippen LogP contribution < -0.4 is 0 Å². The summed E-state index contributed by atoms with van der Waals surface area (Å²) in [6.45, 7) is 0. The van der Waals surface area contributed by atoms with Gasteiger partial charge in [-0.2, -0.15) is 0 Å². The number of nitrogens with zero attached hydrogens (tertiary/aromatic N) is 1. The first-order valence-corrected chi connectivity index (χ1v) is 7.55. The third kappa shape index (κ3) is 2.69. The summed E-state index contributed by atoms with van der Waals surface area (Å²) in [5.74, 6) is 0.405. The molecule has 0 spiro atoms. The van der Waals surface area contributed by atoms with Crippen molar-refractivity contribution in [2.24, 2.45) is 0 Å². The van der Waals surface area contributed by atoms with Gasteiger partial charge in [0.1, 0.15) is 5.52 Å². The summed E-state index contributed by atoms with van der Waals surface area (Å²) >= 11 is 6.76. The predicted octanol–water partition coefficient (Wildman–Crippen LogP) is 4.78. The van der Waals surface area contributed by atoms with Crippen molar-refractivity contribution < 1.29 is 9.21 Å². The van der Waals surface area contributed by atoms with Crippen molar-refractivity contribution in [1.29, 1.82) is 0 Å². The SMILES string of the molecule is O=C(Cc1nc2ccccc2o1)c1ccc(Br)cc1Br. The minimum Gasteiger partial charge on any atom is -0.440 e. The quantitative estimate of drug-likeness (QED) is 0.600. The van der Waals surface area contributed by atoms with Gasteiger partial charge in [-0.05, 0) is 30.3 Å². The fourth-order valence-electron chi connectivity index (χ4n) is 1.94. The molecule has 0 unspecified atom stereocenters. The molecule has 1 aromatic heterocycles. The summed E-state index contributed by atoms with van der Waals surface area (Å²) < 4.78 is 7.24. The van der Waals surface area contributed by atoms with Gasteiger partial charge in [0, 0.05) is 14.5 Å². The van der Waals surface area contributed by atoms with Crippen LogP contribution in [0, 0.1) is 0 Å². The van der Waals surface area contributed by atoms with E-state index in [1.165, 1.54) is 0 Å². The van der Waals surface area contributed by atoms with E-state index in [-0.39, 0.29) is 12.2 Å². The minimum atomic E-state index is -0.0315. The van der Waals surface area contributed by atoms with Gasteiger partial charge in [-0.3, -0.25) is 4.79 Å². The van der Waals surface area contributed by atoms with Gasteiger partial charge in [0.25, 0.3) is 0 Å². The van der Waals surface area contributed by atoms with E-state index in [1.807, 2.05) is 36.4 Å². The number of fused-ring (bicyclic) bond motifs is 1. The second-order valence-corrected chi connectivity index (χ2v) is 6.07. The molecule has 20 heavy (non-hydrogen) atoms. The third-order valence-corrected chi connectivity index (χ3v) is 4.03. The smallest absolute Gasteiger partial charge is 0.203 e. The Morgan fingerprint density at radius 3 is 2.70 bits per heavy atom. The van der Waals surface area contributed by atoms with E-state index in [0.29, 0.717) is 17.0 Å². The second kappa shape index (κ2) is 5.50. The summed E-state index contributed by atoms with van der Waals surface area (Å²) in [4.78, 5) is 16.6. The molecule has 0 amide bonds. The maximum Gasteiger partial charge on any atom is 0.203 e. The van der Waals surface area contributed by atoms with E-state index in [9.17, 15) is 4.79 Å². The molecule has 0 aliphatic heterocycles. The molecule has 0 aliphatic rings. The molecule has 3 rings (SSSR count). The van der Waals surface area contributed by atoms with Gasteiger partial charge < -0.3 is 4.42 Å². The molecule has 100 valence electrons. The van der Waals surface area contributed by atoms with Crippen molar-refractivity contribution in [2.75, 3.05) is 0 Å². The highest BCUT2D eigenvalue weighted by atomic mass is 79.9. The van der Waals surface area contributed by atoms with Gasteiger partial charge in [0.05, 0.1) is 6.42 Å². The van der Waals surface area contributed by atoms with Crippen LogP contribution in [0.25, 0.3) is 11.1 Å². The Hall–Kier alpha value is -1.46. The van der Waals surface area contributed by atoms with Crippen LogP contribution >= 0.6 is 31.9 Å². The Kier molecular flexibility index (Phi) is 3.72. The van der Waals surface area contributed by atoms with Crippen LogP contribution in [-0.2, 0) is 6.42 Å². The lowest BCUT2D eigenvalue weighted by Crippen LogP contribution is -2.04. The largest absolute Gasteiger partial charge is 0.440 e. The number of benzene rings is 2. The average molecular weight is 395 g/mol.